The summed E-state index contributed by atoms with van der Waals surface area (Å²) in [6, 6.07) is 14.4. The van der Waals surface area contributed by atoms with Crippen LogP contribution in [-0.4, -0.2) is 14.8 Å². The average molecular weight is 268 g/mol. The molecule has 3 aromatic rings. The molecule has 2 aromatic carbocycles. The van der Waals surface area contributed by atoms with Crippen molar-refractivity contribution in [3.05, 3.63) is 66.2 Å². The highest BCUT2D eigenvalue weighted by Crippen LogP contribution is 2.17. The molecule has 0 aliphatic carbocycles. The van der Waals surface area contributed by atoms with Gasteiger partial charge in [-0.3, -0.25) is 0 Å². The Bertz CT molecular complexity index is 701. The van der Waals surface area contributed by atoms with Gasteiger partial charge in [0.05, 0.1) is 5.69 Å². The van der Waals surface area contributed by atoms with E-state index in [0.29, 0.717) is 11.6 Å². The Morgan fingerprint density at radius 3 is 2.65 bits per heavy atom. The minimum absolute atomic E-state index is 0.282. The van der Waals surface area contributed by atoms with Gasteiger partial charge in [0, 0.05) is 5.69 Å². The van der Waals surface area contributed by atoms with E-state index in [1.165, 1.54) is 12.1 Å². The van der Waals surface area contributed by atoms with Gasteiger partial charge in [-0.25, -0.2) is 9.07 Å². The molecule has 0 unspecified atom stereocenters. The zero-order valence-corrected chi connectivity index (χ0v) is 10.9. The summed E-state index contributed by atoms with van der Waals surface area (Å²) in [6.07, 6.45) is 1.61. The Balaban J connectivity index is 1.84. The summed E-state index contributed by atoms with van der Waals surface area (Å²) in [4.78, 5) is 4.17. The van der Waals surface area contributed by atoms with E-state index in [1.54, 1.807) is 11.0 Å². The van der Waals surface area contributed by atoms with Gasteiger partial charge in [-0.1, -0.05) is 18.2 Å². The number of halogens is 1. The van der Waals surface area contributed by atoms with Gasteiger partial charge in [0.15, 0.2) is 0 Å². The van der Waals surface area contributed by atoms with Crippen LogP contribution in [-0.2, 0) is 0 Å². The molecular formula is C15H13FN4. The first-order valence-corrected chi connectivity index (χ1v) is 6.22. The van der Waals surface area contributed by atoms with E-state index in [-0.39, 0.29) is 5.82 Å². The maximum absolute atomic E-state index is 13.3. The minimum Gasteiger partial charge on any atom is -0.323 e. The van der Waals surface area contributed by atoms with Crippen molar-refractivity contribution in [1.82, 2.24) is 14.8 Å². The summed E-state index contributed by atoms with van der Waals surface area (Å²) in [5, 5.41) is 7.30. The lowest BCUT2D eigenvalue weighted by Crippen LogP contribution is -1.97. The molecule has 1 N–H and O–H groups in total. The molecule has 20 heavy (non-hydrogen) atoms. The molecule has 100 valence electrons. The fourth-order valence-corrected chi connectivity index (χ4v) is 1.96. The first-order chi connectivity index (χ1) is 9.70. The third-order valence-corrected chi connectivity index (χ3v) is 2.81. The van der Waals surface area contributed by atoms with Crippen LogP contribution in [0.1, 0.15) is 5.56 Å². The molecule has 0 fully saturated rings. The number of nitrogens with zero attached hydrogens (tertiary/aromatic N) is 3. The second-order valence-electron chi connectivity index (χ2n) is 4.49. The van der Waals surface area contributed by atoms with Crippen molar-refractivity contribution in [2.75, 3.05) is 5.32 Å². The average Bonchev–Trinajstić information content (AvgIpc) is 2.87. The van der Waals surface area contributed by atoms with Crippen molar-refractivity contribution in [2.45, 2.75) is 6.92 Å². The van der Waals surface area contributed by atoms with Gasteiger partial charge in [0.25, 0.3) is 0 Å². The van der Waals surface area contributed by atoms with Gasteiger partial charge in [-0.05, 0) is 42.8 Å². The maximum atomic E-state index is 13.3. The number of hydrogen-bond acceptors (Lipinski definition) is 3. The number of aromatic nitrogens is 3. The topological polar surface area (TPSA) is 42.7 Å². The quantitative estimate of drug-likeness (QED) is 0.791. The van der Waals surface area contributed by atoms with E-state index < -0.39 is 0 Å². The summed E-state index contributed by atoms with van der Waals surface area (Å²) in [6.45, 7) is 1.84. The van der Waals surface area contributed by atoms with E-state index in [0.717, 1.165) is 11.3 Å². The van der Waals surface area contributed by atoms with Gasteiger partial charge >= 0.3 is 0 Å². The van der Waals surface area contributed by atoms with Crippen LogP contribution in [0.3, 0.4) is 0 Å². The van der Waals surface area contributed by atoms with Crippen LogP contribution in [0.4, 0.5) is 16.0 Å². The molecule has 0 atom stereocenters. The maximum Gasteiger partial charge on any atom is 0.246 e. The highest BCUT2D eigenvalue weighted by atomic mass is 19.1. The second-order valence-corrected chi connectivity index (χ2v) is 4.49. The summed E-state index contributed by atoms with van der Waals surface area (Å²) < 4.78 is 15.0. The van der Waals surface area contributed by atoms with Crippen LogP contribution in [0.15, 0.2) is 54.9 Å². The Labute approximate surface area is 115 Å². The number of aryl methyl sites for hydroxylation is 1. The van der Waals surface area contributed by atoms with Gasteiger partial charge in [0.2, 0.25) is 5.95 Å². The fourth-order valence-electron chi connectivity index (χ4n) is 1.96. The van der Waals surface area contributed by atoms with Crippen LogP contribution in [0.5, 0.6) is 0 Å². The SMILES string of the molecule is Cc1cc(F)cc(Nc2ncn(-c3ccccc3)n2)c1. The van der Waals surface area contributed by atoms with Gasteiger partial charge in [-0.2, -0.15) is 4.98 Å². The Hall–Kier alpha value is -2.69. The third kappa shape index (κ3) is 2.66. The van der Waals surface area contributed by atoms with Crippen LogP contribution >= 0.6 is 0 Å². The van der Waals surface area contributed by atoms with Gasteiger partial charge in [0.1, 0.15) is 12.1 Å². The van der Waals surface area contributed by atoms with Crippen LogP contribution in [0.2, 0.25) is 0 Å². The highest BCUT2D eigenvalue weighted by molar-refractivity contribution is 5.54. The number of para-hydroxylation sites is 1. The van der Waals surface area contributed by atoms with Gasteiger partial charge < -0.3 is 5.32 Å². The number of nitrogens with one attached hydrogen (secondary N) is 1. The van der Waals surface area contributed by atoms with E-state index in [4.69, 9.17) is 0 Å². The van der Waals surface area contributed by atoms with Gasteiger partial charge in [-0.15, -0.1) is 5.10 Å². The minimum atomic E-state index is -0.282. The van der Waals surface area contributed by atoms with Crippen LogP contribution < -0.4 is 5.32 Å². The largest absolute Gasteiger partial charge is 0.323 e. The first-order valence-electron chi connectivity index (χ1n) is 6.22. The van der Waals surface area contributed by atoms with Crippen LogP contribution in [0, 0.1) is 12.7 Å². The monoisotopic (exact) mass is 268 g/mol. The molecule has 0 aliphatic heterocycles. The predicted molar refractivity (Wildman–Crippen MR) is 75.8 cm³/mol. The first kappa shape index (κ1) is 12.3. The summed E-state index contributed by atoms with van der Waals surface area (Å²) >= 11 is 0. The molecule has 1 heterocycles. The molecule has 0 spiro atoms. The molecule has 0 saturated carbocycles. The molecule has 0 amide bonds. The molecule has 0 saturated heterocycles. The lowest BCUT2D eigenvalue weighted by atomic mass is 10.2. The molecule has 4 nitrogen and oxygen atoms in total. The number of benzene rings is 2. The number of anilines is 2. The predicted octanol–water partition coefficient (Wildman–Crippen LogP) is 3.46. The third-order valence-electron chi connectivity index (χ3n) is 2.81. The highest BCUT2D eigenvalue weighted by Gasteiger charge is 2.04. The molecule has 0 radical (unpaired) electrons. The van der Waals surface area contributed by atoms with Crippen molar-refractivity contribution < 1.29 is 4.39 Å². The van der Waals surface area contributed by atoms with E-state index in [2.05, 4.69) is 15.4 Å². The Morgan fingerprint density at radius 2 is 1.90 bits per heavy atom. The summed E-state index contributed by atoms with van der Waals surface area (Å²) in [5.74, 6) is 0.147. The zero-order chi connectivity index (χ0) is 13.9. The van der Waals surface area contributed by atoms with Crippen molar-refractivity contribution >= 4 is 11.6 Å². The van der Waals surface area contributed by atoms with Crippen molar-refractivity contribution in [3.8, 4) is 5.69 Å². The summed E-state index contributed by atoms with van der Waals surface area (Å²) in [5.41, 5.74) is 2.40. The fraction of sp³-hybridized carbons (Fsp3) is 0.0667. The molecular weight excluding hydrogens is 255 g/mol. The number of hydrogen-bond donors (Lipinski definition) is 1. The molecule has 0 aliphatic rings. The second kappa shape index (κ2) is 5.13. The van der Waals surface area contributed by atoms with E-state index in [9.17, 15) is 4.39 Å². The Morgan fingerprint density at radius 1 is 1.10 bits per heavy atom. The lowest BCUT2D eigenvalue weighted by Gasteiger charge is -2.03. The molecule has 3 rings (SSSR count). The molecule has 0 bridgehead atoms. The van der Waals surface area contributed by atoms with Crippen LogP contribution in [0.25, 0.3) is 5.69 Å². The number of rotatable bonds is 3. The Kier molecular flexibility index (Phi) is 3.16. The van der Waals surface area contributed by atoms with Crippen molar-refractivity contribution in [2.24, 2.45) is 0 Å². The standard InChI is InChI=1S/C15H13FN4/c1-11-7-12(16)9-13(8-11)18-15-17-10-20(19-15)14-5-3-2-4-6-14/h2-10H,1H3,(H,18,19). The van der Waals surface area contributed by atoms with Crippen molar-refractivity contribution in [1.29, 1.82) is 0 Å². The van der Waals surface area contributed by atoms with E-state index in [1.807, 2.05) is 43.3 Å². The lowest BCUT2D eigenvalue weighted by molar-refractivity contribution is 0.627. The zero-order valence-electron chi connectivity index (χ0n) is 10.9. The van der Waals surface area contributed by atoms with Crippen molar-refractivity contribution in [3.63, 3.8) is 0 Å². The summed E-state index contributed by atoms with van der Waals surface area (Å²) in [7, 11) is 0. The smallest absolute Gasteiger partial charge is 0.246 e. The normalized spacial score (nSPS) is 10.5. The molecule has 5 heteroatoms. The van der Waals surface area contributed by atoms with E-state index >= 15 is 0 Å². The molecule has 1 aromatic heterocycles.